The zero-order chi connectivity index (χ0) is 16.2. The van der Waals surface area contributed by atoms with Gasteiger partial charge in [0.25, 0.3) is 0 Å². The predicted molar refractivity (Wildman–Crippen MR) is 70.9 cm³/mol. The zero-order valence-electron chi connectivity index (χ0n) is 11.7. The lowest BCUT2D eigenvalue weighted by molar-refractivity contribution is -0.275. The summed E-state index contributed by atoms with van der Waals surface area (Å²) >= 11 is 0. The third-order valence-corrected chi connectivity index (χ3v) is 3.50. The molecule has 0 unspecified atom stereocenters. The van der Waals surface area contributed by atoms with Crippen LogP contribution >= 0.6 is 0 Å². The van der Waals surface area contributed by atoms with Crippen molar-refractivity contribution in [2.24, 2.45) is 0 Å². The highest BCUT2D eigenvalue weighted by Gasteiger charge is 2.34. The lowest BCUT2D eigenvalue weighted by atomic mass is 10.00. The Morgan fingerprint density at radius 2 is 1.77 bits per heavy atom. The van der Waals surface area contributed by atoms with Crippen LogP contribution in [0.15, 0.2) is 24.3 Å². The Balaban J connectivity index is 2.29. The van der Waals surface area contributed by atoms with Crippen molar-refractivity contribution >= 4 is 0 Å². The van der Waals surface area contributed by atoms with Crippen LogP contribution in [0, 0.1) is 0 Å². The van der Waals surface area contributed by atoms with Crippen LogP contribution in [0.1, 0.15) is 18.0 Å². The second-order valence-corrected chi connectivity index (χ2v) is 5.01. The fourth-order valence-electron chi connectivity index (χ4n) is 2.61. The molecule has 1 aliphatic heterocycles. The maximum absolute atomic E-state index is 12.9. The molecule has 0 amide bonds. The van der Waals surface area contributed by atoms with Gasteiger partial charge in [-0.15, -0.1) is 13.2 Å². The van der Waals surface area contributed by atoms with Gasteiger partial charge in [-0.3, -0.25) is 4.90 Å². The fraction of sp³-hybridized carbons (Fsp3) is 0.571. The van der Waals surface area contributed by atoms with Crippen LogP contribution in [-0.2, 0) is 0 Å². The van der Waals surface area contributed by atoms with Crippen molar-refractivity contribution in [3.63, 3.8) is 0 Å². The molecular formula is C14H17F5N2O. The van der Waals surface area contributed by atoms with Crippen LogP contribution in [0.4, 0.5) is 22.0 Å². The van der Waals surface area contributed by atoms with Gasteiger partial charge in [-0.1, -0.05) is 18.2 Å². The molecule has 1 fully saturated rings. The van der Waals surface area contributed by atoms with Crippen molar-refractivity contribution < 1.29 is 26.7 Å². The zero-order valence-corrected chi connectivity index (χ0v) is 11.7. The minimum Gasteiger partial charge on any atom is -0.405 e. The minimum atomic E-state index is -4.85. The van der Waals surface area contributed by atoms with Crippen molar-refractivity contribution in [1.82, 2.24) is 10.2 Å². The molecule has 2 rings (SSSR count). The Hall–Kier alpha value is -1.41. The number of hydrogen-bond acceptors (Lipinski definition) is 3. The van der Waals surface area contributed by atoms with Gasteiger partial charge < -0.3 is 10.1 Å². The van der Waals surface area contributed by atoms with E-state index in [1.54, 1.807) is 4.90 Å². The molecule has 1 heterocycles. The van der Waals surface area contributed by atoms with Gasteiger partial charge in [0.15, 0.2) is 0 Å². The van der Waals surface area contributed by atoms with Crippen LogP contribution < -0.4 is 10.1 Å². The first kappa shape index (κ1) is 17.0. The number of alkyl halides is 5. The summed E-state index contributed by atoms with van der Waals surface area (Å²) in [5.74, 6) is -0.417. The largest absolute Gasteiger partial charge is 0.573 e. The number of rotatable bonds is 5. The van der Waals surface area contributed by atoms with Gasteiger partial charge >= 0.3 is 6.36 Å². The quantitative estimate of drug-likeness (QED) is 0.842. The molecule has 1 N–H and O–H groups in total. The molecular weight excluding hydrogens is 307 g/mol. The third-order valence-electron chi connectivity index (χ3n) is 3.50. The first-order valence-electron chi connectivity index (χ1n) is 6.94. The molecule has 0 bridgehead atoms. The number of ether oxygens (including phenoxy) is 1. The Labute approximate surface area is 125 Å². The van der Waals surface area contributed by atoms with E-state index in [0.717, 1.165) is 6.07 Å². The van der Waals surface area contributed by atoms with Gasteiger partial charge in [-0.05, 0) is 6.07 Å². The lowest BCUT2D eigenvalue weighted by Crippen LogP contribution is -2.45. The van der Waals surface area contributed by atoms with E-state index >= 15 is 0 Å². The molecule has 1 aliphatic rings. The van der Waals surface area contributed by atoms with Crippen molar-refractivity contribution in [3.05, 3.63) is 29.8 Å². The fourth-order valence-corrected chi connectivity index (χ4v) is 2.61. The highest BCUT2D eigenvalue weighted by molar-refractivity contribution is 5.36. The maximum Gasteiger partial charge on any atom is 0.573 e. The van der Waals surface area contributed by atoms with Crippen LogP contribution in [-0.4, -0.2) is 43.9 Å². The summed E-state index contributed by atoms with van der Waals surface area (Å²) < 4.78 is 67.3. The molecule has 0 aromatic heterocycles. The van der Waals surface area contributed by atoms with E-state index in [4.69, 9.17) is 0 Å². The monoisotopic (exact) mass is 324 g/mol. The number of para-hydroxylation sites is 1. The predicted octanol–water partition coefficient (Wildman–Crippen LogP) is 3.19. The molecule has 0 aliphatic carbocycles. The van der Waals surface area contributed by atoms with Crippen molar-refractivity contribution in [2.45, 2.75) is 25.3 Å². The molecule has 1 saturated heterocycles. The number of piperazine rings is 1. The molecule has 1 aromatic carbocycles. The number of benzene rings is 1. The van der Waals surface area contributed by atoms with E-state index in [1.807, 2.05) is 0 Å². The number of nitrogens with zero attached hydrogens (tertiary/aromatic N) is 1. The van der Waals surface area contributed by atoms with Gasteiger partial charge in [-0.25, -0.2) is 8.78 Å². The molecule has 0 radical (unpaired) electrons. The lowest BCUT2D eigenvalue weighted by Gasteiger charge is -2.35. The molecule has 124 valence electrons. The smallest absolute Gasteiger partial charge is 0.405 e. The molecule has 8 heteroatoms. The summed E-state index contributed by atoms with van der Waals surface area (Å²) in [5, 5.41) is 3.09. The highest BCUT2D eigenvalue weighted by atomic mass is 19.4. The van der Waals surface area contributed by atoms with Crippen molar-refractivity contribution in [3.8, 4) is 5.75 Å². The highest BCUT2D eigenvalue weighted by Crippen LogP contribution is 2.36. The van der Waals surface area contributed by atoms with E-state index in [2.05, 4.69) is 10.1 Å². The summed E-state index contributed by atoms with van der Waals surface area (Å²) in [6, 6.07) is 4.68. The maximum atomic E-state index is 12.9. The Kier molecular flexibility index (Phi) is 5.57. The summed E-state index contributed by atoms with van der Waals surface area (Å²) in [4.78, 5) is 1.77. The van der Waals surface area contributed by atoms with E-state index in [1.165, 1.54) is 18.2 Å². The van der Waals surface area contributed by atoms with Gasteiger partial charge in [0.2, 0.25) is 6.43 Å². The van der Waals surface area contributed by atoms with Gasteiger partial charge in [0, 0.05) is 44.2 Å². The average Bonchev–Trinajstić information content (AvgIpc) is 2.45. The Morgan fingerprint density at radius 3 is 2.36 bits per heavy atom. The topological polar surface area (TPSA) is 24.5 Å². The molecule has 1 aromatic rings. The van der Waals surface area contributed by atoms with E-state index in [-0.39, 0.29) is 5.56 Å². The molecule has 3 nitrogen and oxygen atoms in total. The number of hydrogen-bond donors (Lipinski definition) is 1. The Morgan fingerprint density at radius 1 is 1.14 bits per heavy atom. The standard InChI is InChI=1S/C14H17F5N2O/c15-13(16)9-11(21-7-5-20-6-8-21)10-3-1-2-4-12(10)22-14(17,18)19/h1-4,11,13,20H,5-9H2/t11-/m1/s1. The van der Waals surface area contributed by atoms with Crippen LogP contribution in [0.5, 0.6) is 5.75 Å². The normalized spacial score (nSPS) is 18.5. The van der Waals surface area contributed by atoms with Gasteiger partial charge in [0.05, 0.1) is 0 Å². The number of nitrogens with one attached hydrogen (secondary N) is 1. The molecule has 1 atom stereocenters. The summed E-state index contributed by atoms with van der Waals surface area (Å²) in [7, 11) is 0. The van der Waals surface area contributed by atoms with Crippen LogP contribution in [0.3, 0.4) is 0 Å². The SMILES string of the molecule is FC(F)C[C@H](c1ccccc1OC(F)(F)F)N1CCNCC1. The first-order valence-corrected chi connectivity index (χ1v) is 6.94. The van der Waals surface area contributed by atoms with Crippen molar-refractivity contribution in [2.75, 3.05) is 26.2 Å². The van der Waals surface area contributed by atoms with Crippen LogP contribution in [0.2, 0.25) is 0 Å². The molecule has 22 heavy (non-hydrogen) atoms. The van der Waals surface area contributed by atoms with Crippen molar-refractivity contribution in [1.29, 1.82) is 0 Å². The average molecular weight is 324 g/mol. The second kappa shape index (κ2) is 7.23. The first-order chi connectivity index (χ1) is 10.4. The Bertz CT molecular complexity index is 475. The van der Waals surface area contributed by atoms with Gasteiger partial charge in [0.1, 0.15) is 5.75 Å². The number of halogens is 5. The van der Waals surface area contributed by atoms with E-state index in [0.29, 0.717) is 26.2 Å². The summed E-state index contributed by atoms with van der Waals surface area (Å²) in [6.45, 7) is 2.22. The molecule has 0 spiro atoms. The van der Waals surface area contributed by atoms with Crippen LogP contribution in [0.25, 0.3) is 0 Å². The summed E-state index contributed by atoms with van der Waals surface area (Å²) in [6.07, 6.45) is -7.99. The van der Waals surface area contributed by atoms with Gasteiger partial charge in [-0.2, -0.15) is 0 Å². The minimum absolute atomic E-state index is 0.141. The molecule has 0 saturated carbocycles. The van der Waals surface area contributed by atoms with E-state index < -0.39 is 31.0 Å². The van der Waals surface area contributed by atoms with E-state index in [9.17, 15) is 22.0 Å². The summed E-state index contributed by atoms with van der Waals surface area (Å²) in [5.41, 5.74) is 0.141. The third kappa shape index (κ3) is 4.81. The second-order valence-electron chi connectivity index (χ2n) is 5.01.